The largest absolute Gasteiger partial charge is 0.456 e. The number of nitrogens with one attached hydrogen (secondary N) is 1. The van der Waals surface area contributed by atoms with Crippen LogP contribution in [-0.4, -0.2) is 67.5 Å². The molecule has 1 aliphatic heterocycles. The van der Waals surface area contributed by atoms with Gasteiger partial charge in [-0.05, 0) is 18.1 Å². The smallest absolute Gasteiger partial charge is 0.303 e. The van der Waals surface area contributed by atoms with Gasteiger partial charge in [-0.3, -0.25) is 14.4 Å². The fourth-order valence-corrected chi connectivity index (χ4v) is 3.73. The minimum atomic E-state index is -2.22. The van der Waals surface area contributed by atoms with E-state index in [0.717, 1.165) is 0 Å². The molecule has 1 N–H and O–H groups in total. The average Bonchev–Trinajstić information content (AvgIpc) is 2.54. The molecule has 1 aliphatic rings. The Balaban J connectivity index is 3.11. The minimum Gasteiger partial charge on any atom is -0.456 e. The summed E-state index contributed by atoms with van der Waals surface area (Å²) in [6, 6.07) is -0.898. The predicted molar refractivity (Wildman–Crippen MR) is 116 cm³/mol. The number of esters is 2. The number of amides is 1. The van der Waals surface area contributed by atoms with Crippen LogP contribution in [0.1, 0.15) is 34.6 Å². The normalized spacial score (nSPS) is 25.4. The van der Waals surface area contributed by atoms with Gasteiger partial charge in [0.05, 0.1) is 19.3 Å². The molecule has 0 spiro atoms. The van der Waals surface area contributed by atoms with E-state index in [2.05, 4.69) is 39.2 Å². The Labute approximate surface area is 193 Å². The van der Waals surface area contributed by atoms with Crippen molar-refractivity contribution in [1.29, 1.82) is 0 Å². The second-order valence-electron chi connectivity index (χ2n) is 8.67. The van der Waals surface area contributed by atoms with Crippen LogP contribution in [-0.2, 0) is 33.0 Å². The van der Waals surface area contributed by atoms with Crippen molar-refractivity contribution in [2.45, 2.75) is 80.9 Å². The highest BCUT2D eigenvalue weighted by Crippen LogP contribution is 2.37. The van der Waals surface area contributed by atoms with Crippen molar-refractivity contribution in [3.8, 4) is 0 Å². The molecule has 1 rings (SSSR count). The van der Waals surface area contributed by atoms with Gasteiger partial charge in [-0.25, -0.2) is 0 Å². The number of halogens is 3. The van der Waals surface area contributed by atoms with Crippen molar-refractivity contribution in [3.63, 3.8) is 0 Å². The van der Waals surface area contributed by atoms with Crippen LogP contribution < -0.4 is 5.32 Å². The lowest BCUT2D eigenvalue weighted by Crippen LogP contribution is -2.63. The standard InChI is InChI=1S/C18H30Cl3NO7Si/c1-10(23)28-14-12(22-16(25)18(19,20)21)8-26-13(15(14)29-11(2)24)9-27-30(6,7)17(3,4)5/h12-15H,8-9H2,1-7H3,(H,22,25)/t12-,13+,14-,15+/m0/s1. The molecule has 174 valence electrons. The van der Waals surface area contributed by atoms with Crippen molar-refractivity contribution in [1.82, 2.24) is 5.32 Å². The Morgan fingerprint density at radius 2 is 1.53 bits per heavy atom. The van der Waals surface area contributed by atoms with E-state index in [1.54, 1.807) is 0 Å². The van der Waals surface area contributed by atoms with Gasteiger partial charge in [-0.2, -0.15) is 0 Å². The Bertz CT molecular complexity index is 649. The molecule has 0 aromatic heterocycles. The SMILES string of the molecule is CC(=O)O[C@@H]1[C@H](OC(C)=O)[C@@H](CO[Si](C)(C)C(C)(C)C)OC[C@@H]1NC(=O)C(Cl)(Cl)Cl. The molecule has 4 atom stereocenters. The summed E-state index contributed by atoms with van der Waals surface area (Å²) in [5.41, 5.74) is 0. The second kappa shape index (κ2) is 10.4. The summed E-state index contributed by atoms with van der Waals surface area (Å²) in [6.07, 6.45) is -2.79. The Kier molecular flexibility index (Phi) is 9.48. The summed E-state index contributed by atoms with van der Waals surface area (Å²) in [6.45, 7) is 12.9. The summed E-state index contributed by atoms with van der Waals surface area (Å²) in [7, 11) is -2.13. The van der Waals surface area contributed by atoms with Gasteiger partial charge >= 0.3 is 11.9 Å². The first-order chi connectivity index (χ1) is 13.5. The molecule has 0 unspecified atom stereocenters. The third-order valence-corrected chi connectivity index (χ3v) is 10.2. The van der Waals surface area contributed by atoms with E-state index in [-0.39, 0.29) is 18.3 Å². The zero-order valence-corrected chi connectivity index (χ0v) is 21.5. The third kappa shape index (κ3) is 7.83. The molecule has 0 bridgehead atoms. The molecule has 30 heavy (non-hydrogen) atoms. The Hall–Kier alpha value is -0.583. The molecular formula is C18H30Cl3NO7Si. The van der Waals surface area contributed by atoms with Crippen molar-refractivity contribution in [3.05, 3.63) is 0 Å². The fraction of sp³-hybridized carbons (Fsp3) is 0.833. The number of carbonyl (C=O) groups is 3. The summed E-state index contributed by atoms with van der Waals surface area (Å²) in [5, 5.41) is 2.43. The summed E-state index contributed by atoms with van der Waals surface area (Å²) in [4.78, 5) is 35.6. The van der Waals surface area contributed by atoms with Crippen LogP contribution in [0.15, 0.2) is 0 Å². The fourth-order valence-electron chi connectivity index (χ4n) is 2.56. The highest BCUT2D eigenvalue weighted by atomic mass is 35.6. The minimum absolute atomic E-state index is 0.0469. The molecule has 12 heteroatoms. The summed E-state index contributed by atoms with van der Waals surface area (Å²) < 4.78 is 20.6. The van der Waals surface area contributed by atoms with Crippen LogP contribution in [0.3, 0.4) is 0 Å². The molecule has 1 fully saturated rings. The number of carbonyl (C=O) groups excluding carboxylic acids is 3. The molecular weight excluding hydrogens is 477 g/mol. The van der Waals surface area contributed by atoms with Crippen LogP contribution in [0, 0.1) is 0 Å². The summed E-state index contributed by atoms with van der Waals surface area (Å²) >= 11 is 16.9. The van der Waals surface area contributed by atoms with Gasteiger partial charge in [0, 0.05) is 13.8 Å². The topological polar surface area (TPSA) is 100 Å². The van der Waals surface area contributed by atoms with Gasteiger partial charge < -0.3 is 24.0 Å². The molecule has 1 amide bonds. The first-order valence-electron chi connectivity index (χ1n) is 9.43. The second-order valence-corrected chi connectivity index (χ2v) is 15.8. The molecule has 0 saturated carbocycles. The maximum absolute atomic E-state index is 12.1. The number of alkyl halides is 3. The lowest BCUT2D eigenvalue weighted by molar-refractivity contribution is -0.203. The molecule has 0 aliphatic carbocycles. The van der Waals surface area contributed by atoms with Crippen LogP contribution >= 0.6 is 34.8 Å². The highest BCUT2D eigenvalue weighted by Gasteiger charge is 2.48. The van der Waals surface area contributed by atoms with Gasteiger partial charge in [0.1, 0.15) is 6.10 Å². The van der Waals surface area contributed by atoms with Crippen molar-refractivity contribution >= 4 is 61.0 Å². The summed E-state index contributed by atoms with van der Waals surface area (Å²) in [5.74, 6) is -2.15. The number of hydrogen-bond donors (Lipinski definition) is 1. The van der Waals surface area contributed by atoms with E-state index < -0.39 is 54.3 Å². The van der Waals surface area contributed by atoms with Crippen molar-refractivity contribution in [2.75, 3.05) is 13.2 Å². The van der Waals surface area contributed by atoms with Gasteiger partial charge in [0.2, 0.25) is 0 Å². The van der Waals surface area contributed by atoms with Crippen molar-refractivity contribution in [2.24, 2.45) is 0 Å². The molecule has 1 heterocycles. The number of rotatable bonds is 6. The van der Waals surface area contributed by atoms with Gasteiger partial charge in [0.15, 0.2) is 20.5 Å². The van der Waals surface area contributed by atoms with Crippen LogP contribution in [0.4, 0.5) is 0 Å². The number of hydrogen-bond acceptors (Lipinski definition) is 7. The van der Waals surface area contributed by atoms with E-state index in [9.17, 15) is 14.4 Å². The zero-order chi connectivity index (χ0) is 23.5. The van der Waals surface area contributed by atoms with E-state index in [1.807, 2.05) is 0 Å². The maximum atomic E-state index is 12.1. The monoisotopic (exact) mass is 505 g/mol. The van der Waals surface area contributed by atoms with Gasteiger partial charge in [-0.1, -0.05) is 55.6 Å². The van der Waals surface area contributed by atoms with Crippen LogP contribution in [0.2, 0.25) is 18.1 Å². The Morgan fingerprint density at radius 3 is 1.97 bits per heavy atom. The predicted octanol–water partition coefficient (Wildman–Crippen LogP) is 3.13. The lowest BCUT2D eigenvalue weighted by atomic mass is 9.97. The molecule has 0 aromatic rings. The van der Waals surface area contributed by atoms with E-state index >= 15 is 0 Å². The first-order valence-corrected chi connectivity index (χ1v) is 13.5. The van der Waals surface area contributed by atoms with Crippen molar-refractivity contribution < 1.29 is 33.0 Å². The highest BCUT2D eigenvalue weighted by molar-refractivity contribution is 6.76. The average molecular weight is 507 g/mol. The maximum Gasteiger partial charge on any atom is 0.303 e. The van der Waals surface area contributed by atoms with E-state index in [4.69, 9.17) is 53.4 Å². The lowest BCUT2D eigenvalue weighted by Gasteiger charge is -2.43. The molecule has 1 saturated heterocycles. The molecule has 8 nitrogen and oxygen atoms in total. The zero-order valence-electron chi connectivity index (χ0n) is 18.2. The van der Waals surface area contributed by atoms with Crippen LogP contribution in [0.25, 0.3) is 0 Å². The quantitative estimate of drug-likeness (QED) is 0.335. The Morgan fingerprint density at radius 1 is 1.03 bits per heavy atom. The molecule has 0 aromatic carbocycles. The third-order valence-electron chi connectivity index (χ3n) is 5.17. The number of ether oxygens (including phenoxy) is 3. The van der Waals surface area contributed by atoms with E-state index in [0.29, 0.717) is 0 Å². The van der Waals surface area contributed by atoms with Gasteiger partial charge in [-0.15, -0.1) is 0 Å². The molecule has 0 radical (unpaired) electrons. The van der Waals surface area contributed by atoms with E-state index in [1.165, 1.54) is 13.8 Å². The van der Waals surface area contributed by atoms with Gasteiger partial charge in [0.25, 0.3) is 9.70 Å². The van der Waals surface area contributed by atoms with Crippen LogP contribution in [0.5, 0.6) is 0 Å². The first kappa shape index (κ1) is 27.5.